The normalized spacial score (nSPS) is 40.7. The third kappa shape index (κ3) is 5.39. The van der Waals surface area contributed by atoms with Gasteiger partial charge in [-0.25, -0.2) is 9.59 Å². The zero-order valence-electron chi connectivity index (χ0n) is 25.6. The van der Waals surface area contributed by atoms with Crippen LogP contribution < -0.4 is 0 Å². The highest BCUT2D eigenvalue weighted by atomic mass is 16.6. The molecule has 2 aliphatic heterocycles. The fraction of sp³-hybridized carbons (Fsp3) is 0.576. The molecule has 1 aromatic rings. The van der Waals surface area contributed by atoms with Crippen LogP contribution in [0.2, 0.25) is 0 Å². The van der Waals surface area contributed by atoms with Crippen LogP contribution in [0.5, 0.6) is 0 Å². The molecule has 1 saturated carbocycles. The molecule has 0 aromatic carbocycles. The van der Waals surface area contributed by atoms with Crippen LogP contribution in [0.3, 0.4) is 0 Å². The Morgan fingerprint density at radius 1 is 1.26 bits per heavy atom. The fourth-order valence-corrected chi connectivity index (χ4v) is 7.66. The van der Waals surface area contributed by atoms with Gasteiger partial charge in [0.25, 0.3) is 0 Å². The van der Waals surface area contributed by atoms with Crippen LogP contribution in [0.15, 0.2) is 54.5 Å². The molecule has 0 radical (unpaired) electrons. The SMILES string of the molecule is C=C1O[C@H](C(C)O)[C@H](C)/C=C(\C)[C@]23O[C@@H]4[C@H](C=CC2C[C@@H]1OC)[C@H]3[C@H](O)[C@@H](C)[C@H]4OC(=O)c1cc(/C=C/C(=O)OC)c[nH]1. The second-order valence-electron chi connectivity index (χ2n) is 12.4. The summed E-state index contributed by atoms with van der Waals surface area (Å²) in [4.78, 5) is 27.7. The predicted molar refractivity (Wildman–Crippen MR) is 157 cm³/mol. The lowest BCUT2D eigenvalue weighted by Gasteiger charge is -2.49. The maximum Gasteiger partial charge on any atom is 0.355 e. The molecular weight excluding hydrogens is 554 g/mol. The molecule has 2 fully saturated rings. The van der Waals surface area contributed by atoms with Gasteiger partial charge in [0, 0.05) is 49.0 Å². The highest BCUT2D eigenvalue weighted by molar-refractivity contribution is 5.90. The smallest absolute Gasteiger partial charge is 0.355 e. The summed E-state index contributed by atoms with van der Waals surface area (Å²) in [5.74, 6) is -1.90. The van der Waals surface area contributed by atoms with E-state index in [0.717, 1.165) is 5.57 Å². The number of hydrogen-bond acceptors (Lipinski definition) is 9. The molecule has 10 nitrogen and oxygen atoms in total. The average Bonchev–Trinajstić information content (AvgIpc) is 3.53. The van der Waals surface area contributed by atoms with E-state index in [1.54, 1.807) is 26.3 Å². The Balaban J connectivity index is 1.48. The van der Waals surface area contributed by atoms with E-state index >= 15 is 0 Å². The number of aromatic amines is 1. The summed E-state index contributed by atoms with van der Waals surface area (Å²) >= 11 is 0. The second kappa shape index (κ2) is 12.1. The Labute approximate surface area is 252 Å². The first kappa shape index (κ1) is 31.3. The maximum atomic E-state index is 13.3. The van der Waals surface area contributed by atoms with Crippen LogP contribution in [0, 0.1) is 29.6 Å². The van der Waals surface area contributed by atoms with Gasteiger partial charge in [0.2, 0.25) is 0 Å². The lowest BCUT2D eigenvalue weighted by atomic mass is 9.57. The summed E-state index contributed by atoms with van der Waals surface area (Å²) in [6, 6.07) is 1.59. The number of aromatic nitrogens is 1. The summed E-state index contributed by atoms with van der Waals surface area (Å²) in [5.41, 5.74) is 0.878. The van der Waals surface area contributed by atoms with Crippen LogP contribution in [-0.2, 0) is 28.5 Å². The predicted octanol–water partition coefficient (Wildman–Crippen LogP) is 3.57. The largest absolute Gasteiger partial charge is 0.489 e. The zero-order valence-corrected chi connectivity index (χ0v) is 25.6. The van der Waals surface area contributed by atoms with Crippen molar-refractivity contribution < 1.29 is 43.5 Å². The molecular formula is C33H43NO9. The maximum absolute atomic E-state index is 13.3. The number of H-pyrrole nitrogens is 1. The van der Waals surface area contributed by atoms with Gasteiger partial charge in [0.05, 0.1) is 19.3 Å². The third-order valence-electron chi connectivity index (χ3n) is 9.79. The lowest BCUT2D eigenvalue weighted by Crippen LogP contribution is -2.57. The van der Waals surface area contributed by atoms with Crippen LogP contribution in [0.1, 0.15) is 50.2 Å². The van der Waals surface area contributed by atoms with E-state index in [1.807, 2.05) is 20.8 Å². The number of nitrogens with one attached hydrogen (secondary N) is 1. The molecule has 3 heterocycles. The molecule has 1 aromatic heterocycles. The molecule has 12 atom stereocenters. The number of methoxy groups -OCH3 is 2. The first-order valence-electron chi connectivity index (χ1n) is 14.9. The molecule has 4 bridgehead atoms. The molecule has 5 rings (SSSR count). The van der Waals surface area contributed by atoms with E-state index in [-0.39, 0.29) is 29.4 Å². The summed E-state index contributed by atoms with van der Waals surface area (Å²) < 4.78 is 29.7. The van der Waals surface area contributed by atoms with Crippen molar-refractivity contribution in [2.75, 3.05) is 14.2 Å². The monoisotopic (exact) mass is 597 g/mol. The Hall–Kier alpha value is -3.18. The van der Waals surface area contributed by atoms with Crippen molar-refractivity contribution in [1.29, 1.82) is 0 Å². The quantitative estimate of drug-likeness (QED) is 0.255. The highest BCUT2D eigenvalue weighted by Gasteiger charge is 2.69. The zero-order chi connectivity index (χ0) is 31.2. The Kier molecular flexibility index (Phi) is 8.77. The molecule has 4 aliphatic rings. The molecule has 10 heteroatoms. The number of carbonyl (C=O) groups excluding carboxylic acids is 2. The minimum atomic E-state index is -0.886. The number of aliphatic hydroxyl groups excluding tert-OH is 2. The first-order valence-corrected chi connectivity index (χ1v) is 14.9. The molecule has 234 valence electrons. The van der Waals surface area contributed by atoms with Crippen LogP contribution in [-0.4, -0.2) is 83.6 Å². The van der Waals surface area contributed by atoms with Crippen molar-refractivity contribution in [3.05, 3.63) is 65.7 Å². The van der Waals surface area contributed by atoms with Crippen molar-refractivity contribution in [1.82, 2.24) is 4.98 Å². The van der Waals surface area contributed by atoms with E-state index in [2.05, 4.69) is 34.5 Å². The van der Waals surface area contributed by atoms with Gasteiger partial charge < -0.3 is 38.9 Å². The number of rotatable bonds is 6. The summed E-state index contributed by atoms with van der Waals surface area (Å²) in [5, 5.41) is 22.5. The van der Waals surface area contributed by atoms with E-state index in [9.17, 15) is 19.8 Å². The van der Waals surface area contributed by atoms with Crippen molar-refractivity contribution in [2.24, 2.45) is 29.6 Å². The number of hydrogen-bond donors (Lipinski definition) is 3. The van der Waals surface area contributed by atoms with Gasteiger partial charge in [0.1, 0.15) is 41.5 Å². The van der Waals surface area contributed by atoms with E-state index < -0.39 is 60.1 Å². The molecule has 0 amide bonds. The Morgan fingerprint density at radius 2 is 2.00 bits per heavy atom. The molecule has 2 aliphatic carbocycles. The third-order valence-corrected chi connectivity index (χ3v) is 9.79. The fourth-order valence-electron chi connectivity index (χ4n) is 7.66. The number of ether oxygens (including phenoxy) is 5. The second-order valence-corrected chi connectivity index (χ2v) is 12.4. The van der Waals surface area contributed by atoms with Gasteiger partial charge in [-0.15, -0.1) is 0 Å². The van der Waals surface area contributed by atoms with Gasteiger partial charge in [-0.3, -0.25) is 0 Å². The van der Waals surface area contributed by atoms with Crippen molar-refractivity contribution in [3.8, 4) is 0 Å². The van der Waals surface area contributed by atoms with Gasteiger partial charge in [-0.05, 0) is 43.5 Å². The lowest BCUT2D eigenvalue weighted by molar-refractivity contribution is -0.134. The summed E-state index contributed by atoms with van der Waals surface area (Å²) in [6.07, 6.45) is 7.36. The molecule has 2 unspecified atom stereocenters. The Morgan fingerprint density at radius 3 is 2.67 bits per heavy atom. The van der Waals surface area contributed by atoms with Crippen molar-refractivity contribution >= 4 is 18.0 Å². The van der Waals surface area contributed by atoms with Crippen LogP contribution in [0.25, 0.3) is 6.08 Å². The average molecular weight is 598 g/mol. The van der Waals surface area contributed by atoms with E-state index in [1.165, 1.54) is 19.3 Å². The van der Waals surface area contributed by atoms with Gasteiger partial charge in [-0.1, -0.05) is 38.7 Å². The summed E-state index contributed by atoms with van der Waals surface area (Å²) in [6.45, 7) is 11.7. The first-order chi connectivity index (χ1) is 20.4. The number of esters is 2. The van der Waals surface area contributed by atoms with E-state index in [4.69, 9.17) is 18.9 Å². The van der Waals surface area contributed by atoms with E-state index in [0.29, 0.717) is 17.7 Å². The summed E-state index contributed by atoms with van der Waals surface area (Å²) in [7, 11) is 2.90. The van der Waals surface area contributed by atoms with Gasteiger partial charge in [0.15, 0.2) is 0 Å². The van der Waals surface area contributed by atoms with Crippen molar-refractivity contribution in [2.45, 2.75) is 76.3 Å². The Bertz CT molecular complexity index is 1330. The number of aliphatic hydroxyl groups is 2. The molecule has 1 saturated heterocycles. The molecule has 1 spiro atoms. The van der Waals surface area contributed by atoms with Crippen LogP contribution in [0.4, 0.5) is 0 Å². The molecule has 3 N–H and O–H groups in total. The standard InChI is InChI=1S/C33H43NO9/c1-16-12-17(2)33-22(14-25(39-6)20(5)41-29(16)19(4)35)9-10-23-27(33)28(37)18(3)30(31(23)43-33)42-32(38)24-13-21(15-34-24)8-11-26(36)40-7/h8-13,15-16,18-19,22-23,25,27-31,34-35,37H,5,14H2,1-4,6-7H3/b11-8+,17-12+/t16-,18-,19?,22?,23-,25+,27+,28-,29+,30-,31-,33+/m1/s1. The van der Waals surface area contributed by atoms with Gasteiger partial charge in [-0.2, -0.15) is 0 Å². The van der Waals surface area contributed by atoms with Gasteiger partial charge >= 0.3 is 11.9 Å². The molecule has 43 heavy (non-hydrogen) atoms. The topological polar surface area (TPSA) is 137 Å². The van der Waals surface area contributed by atoms with Crippen molar-refractivity contribution in [3.63, 3.8) is 0 Å². The minimum Gasteiger partial charge on any atom is -0.489 e. The number of carbonyl (C=O) groups is 2. The minimum absolute atomic E-state index is 0.181. The van der Waals surface area contributed by atoms with Crippen LogP contribution >= 0.6 is 0 Å². The highest BCUT2D eigenvalue weighted by Crippen LogP contribution is 2.61.